The first-order valence-corrected chi connectivity index (χ1v) is 6.11. The molecule has 2 rings (SSSR count). The minimum Gasteiger partial charge on any atom is -0.481 e. The van der Waals surface area contributed by atoms with Gasteiger partial charge in [-0.05, 0) is 19.1 Å². The van der Waals surface area contributed by atoms with Gasteiger partial charge < -0.3 is 9.67 Å². The number of aryl methyl sites for hydroxylation is 1. The summed E-state index contributed by atoms with van der Waals surface area (Å²) in [5, 5.41) is 9.17. The van der Waals surface area contributed by atoms with Crippen molar-refractivity contribution in [2.75, 3.05) is 5.75 Å². The molecule has 0 amide bonds. The summed E-state index contributed by atoms with van der Waals surface area (Å²) in [6, 6.07) is 4.75. The third-order valence-electron chi connectivity index (χ3n) is 2.34. The van der Waals surface area contributed by atoms with E-state index in [1.807, 2.05) is 11.5 Å². The van der Waals surface area contributed by atoms with E-state index in [2.05, 4.69) is 4.98 Å². The van der Waals surface area contributed by atoms with Crippen molar-refractivity contribution in [2.45, 2.75) is 18.6 Å². The van der Waals surface area contributed by atoms with E-state index in [9.17, 15) is 9.18 Å². The van der Waals surface area contributed by atoms with E-state index in [4.69, 9.17) is 5.11 Å². The Kier molecular flexibility index (Phi) is 3.33. The normalized spacial score (nSPS) is 10.9. The fraction of sp³-hybridized carbons (Fsp3) is 0.273. The van der Waals surface area contributed by atoms with Gasteiger partial charge in [0.1, 0.15) is 5.52 Å². The topological polar surface area (TPSA) is 55.1 Å². The zero-order valence-corrected chi connectivity index (χ0v) is 10.00. The van der Waals surface area contributed by atoms with Gasteiger partial charge in [0.15, 0.2) is 11.0 Å². The van der Waals surface area contributed by atoms with Gasteiger partial charge in [-0.1, -0.05) is 17.8 Å². The van der Waals surface area contributed by atoms with Crippen LogP contribution in [0, 0.1) is 5.82 Å². The van der Waals surface area contributed by atoms with Crippen LogP contribution >= 0.6 is 11.8 Å². The summed E-state index contributed by atoms with van der Waals surface area (Å²) in [6.45, 7) is 2.54. The predicted molar refractivity (Wildman–Crippen MR) is 63.7 cm³/mol. The maximum absolute atomic E-state index is 13.5. The van der Waals surface area contributed by atoms with Gasteiger partial charge in [-0.2, -0.15) is 0 Å². The lowest BCUT2D eigenvalue weighted by Gasteiger charge is -2.03. The molecule has 1 N–H and O–H groups in total. The van der Waals surface area contributed by atoms with Gasteiger partial charge in [-0.15, -0.1) is 0 Å². The third-order valence-corrected chi connectivity index (χ3v) is 3.30. The van der Waals surface area contributed by atoms with Gasteiger partial charge in [0.25, 0.3) is 0 Å². The van der Waals surface area contributed by atoms with E-state index in [0.29, 0.717) is 22.7 Å². The monoisotopic (exact) mass is 254 g/mol. The number of aromatic nitrogens is 2. The van der Waals surface area contributed by atoms with Crippen LogP contribution in [0.3, 0.4) is 0 Å². The maximum Gasteiger partial charge on any atom is 0.313 e. The zero-order chi connectivity index (χ0) is 12.4. The Morgan fingerprint density at radius 3 is 3.00 bits per heavy atom. The molecule has 6 heteroatoms. The molecule has 0 spiro atoms. The Morgan fingerprint density at radius 1 is 1.59 bits per heavy atom. The fourth-order valence-corrected chi connectivity index (χ4v) is 2.43. The van der Waals surface area contributed by atoms with Crippen molar-refractivity contribution >= 4 is 28.8 Å². The second-order valence-electron chi connectivity index (χ2n) is 3.43. The summed E-state index contributed by atoms with van der Waals surface area (Å²) in [4.78, 5) is 14.7. The lowest BCUT2D eigenvalue weighted by molar-refractivity contribution is -0.133. The molecule has 17 heavy (non-hydrogen) atoms. The predicted octanol–water partition coefficient (Wildman–Crippen LogP) is 2.37. The molecule has 90 valence electrons. The number of benzene rings is 1. The van der Waals surface area contributed by atoms with Gasteiger partial charge in [0, 0.05) is 6.54 Å². The van der Waals surface area contributed by atoms with Crippen molar-refractivity contribution in [3.63, 3.8) is 0 Å². The van der Waals surface area contributed by atoms with Crippen molar-refractivity contribution in [2.24, 2.45) is 0 Å². The number of carboxylic acid groups (broad SMARTS) is 1. The summed E-state index contributed by atoms with van der Waals surface area (Å²) >= 11 is 1.10. The van der Waals surface area contributed by atoms with Gasteiger partial charge in [0.05, 0.1) is 11.3 Å². The Morgan fingerprint density at radius 2 is 2.35 bits per heavy atom. The number of para-hydroxylation sites is 1. The summed E-state index contributed by atoms with van der Waals surface area (Å²) in [6.07, 6.45) is 0. The van der Waals surface area contributed by atoms with Gasteiger partial charge in [0.2, 0.25) is 0 Å². The molecule has 0 aliphatic carbocycles. The van der Waals surface area contributed by atoms with Crippen LogP contribution in [0.1, 0.15) is 6.92 Å². The second kappa shape index (κ2) is 4.75. The molecule has 0 atom stereocenters. The highest BCUT2D eigenvalue weighted by atomic mass is 32.2. The minimum atomic E-state index is -0.912. The number of aliphatic carboxylic acids is 1. The van der Waals surface area contributed by atoms with Crippen LogP contribution in [0.4, 0.5) is 4.39 Å². The Balaban J connectivity index is 2.48. The number of hydrogen-bond donors (Lipinski definition) is 1. The first kappa shape index (κ1) is 11.9. The van der Waals surface area contributed by atoms with Crippen LogP contribution in [-0.4, -0.2) is 26.4 Å². The molecule has 1 aromatic heterocycles. The smallest absolute Gasteiger partial charge is 0.313 e. The lowest BCUT2D eigenvalue weighted by atomic mass is 10.3. The minimum absolute atomic E-state index is 0.0784. The average molecular weight is 254 g/mol. The first-order valence-electron chi connectivity index (χ1n) is 5.12. The van der Waals surface area contributed by atoms with Crippen molar-refractivity contribution < 1.29 is 14.3 Å². The molecule has 0 bridgehead atoms. The van der Waals surface area contributed by atoms with Crippen LogP contribution in [0.2, 0.25) is 0 Å². The first-order chi connectivity index (χ1) is 8.13. The molecule has 0 saturated heterocycles. The molecular formula is C11H11FN2O2S. The SMILES string of the molecule is CCn1c(SCC(=O)O)nc2c(F)cccc21. The molecule has 1 heterocycles. The fourth-order valence-electron chi connectivity index (χ4n) is 1.63. The molecule has 0 aliphatic heterocycles. The van der Waals surface area contributed by atoms with Crippen molar-refractivity contribution in [3.8, 4) is 0 Å². The van der Waals surface area contributed by atoms with Crippen LogP contribution < -0.4 is 0 Å². The van der Waals surface area contributed by atoms with Crippen LogP contribution in [-0.2, 0) is 11.3 Å². The van der Waals surface area contributed by atoms with Gasteiger partial charge >= 0.3 is 5.97 Å². The third kappa shape index (κ3) is 2.26. The Hall–Kier alpha value is -1.56. The highest BCUT2D eigenvalue weighted by Crippen LogP contribution is 2.25. The van der Waals surface area contributed by atoms with E-state index in [1.54, 1.807) is 12.1 Å². The Labute approximate surface area is 101 Å². The molecule has 1 aromatic carbocycles. The quantitative estimate of drug-likeness (QED) is 0.851. The van der Waals surface area contributed by atoms with E-state index >= 15 is 0 Å². The number of fused-ring (bicyclic) bond motifs is 1. The highest BCUT2D eigenvalue weighted by molar-refractivity contribution is 7.99. The number of nitrogens with zero attached hydrogens (tertiary/aromatic N) is 2. The molecule has 0 aliphatic rings. The molecule has 0 unspecified atom stereocenters. The van der Waals surface area contributed by atoms with Gasteiger partial charge in [-0.25, -0.2) is 9.37 Å². The number of carbonyl (C=O) groups is 1. The number of imidazole rings is 1. The van der Waals surface area contributed by atoms with Crippen LogP contribution in [0.15, 0.2) is 23.4 Å². The summed E-state index contributed by atoms with van der Waals surface area (Å²) in [7, 11) is 0. The lowest BCUT2D eigenvalue weighted by Crippen LogP contribution is -2.01. The van der Waals surface area contributed by atoms with Crippen molar-refractivity contribution in [1.29, 1.82) is 0 Å². The summed E-state index contributed by atoms with van der Waals surface area (Å²) < 4.78 is 15.3. The largest absolute Gasteiger partial charge is 0.481 e. The van der Waals surface area contributed by atoms with Crippen molar-refractivity contribution in [3.05, 3.63) is 24.0 Å². The summed E-state index contributed by atoms with van der Waals surface area (Å²) in [5.41, 5.74) is 0.989. The highest BCUT2D eigenvalue weighted by Gasteiger charge is 2.13. The van der Waals surface area contributed by atoms with Crippen LogP contribution in [0.5, 0.6) is 0 Å². The number of carboxylic acids is 1. The van der Waals surface area contributed by atoms with E-state index in [0.717, 1.165) is 11.8 Å². The molecule has 2 aromatic rings. The number of rotatable bonds is 4. The van der Waals surface area contributed by atoms with E-state index < -0.39 is 5.97 Å². The molecule has 0 fully saturated rings. The zero-order valence-electron chi connectivity index (χ0n) is 9.18. The Bertz CT molecular complexity index is 568. The molecule has 0 saturated carbocycles. The second-order valence-corrected chi connectivity index (χ2v) is 4.37. The van der Waals surface area contributed by atoms with Crippen molar-refractivity contribution in [1.82, 2.24) is 9.55 Å². The summed E-state index contributed by atoms with van der Waals surface area (Å²) in [5.74, 6) is -1.37. The molecular weight excluding hydrogens is 243 g/mol. The maximum atomic E-state index is 13.5. The van der Waals surface area contributed by atoms with E-state index in [-0.39, 0.29) is 11.6 Å². The molecule has 0 radical (unpaired) electrons. The standard InChI is InChI=1S/C11H11FN2O2S/c1-2-14-8-5-3-4-7(12)10(8)13-11(14)17-6-9(15)16/h3-5H,2,6H2,1H3,(H,15,16). The number of halogens is 1. The number of hydrogen-bond acceptors (Lipinski definition) is 3. The molecule has 4 nitrogen and oxygen atoms in total. The van der Waals surface area contributed by atoms with E-state index in [1.165, 1.54) is 6.07 Å². The van der Waals surface area contributed by atoms with Crippen LogP contribution in [0.25, 0.3) is 11.0 Å². The average Bonchev–Trinajstić information content (AvgIpc) is 2.65. The number of thioether (sulfide) groups is 1. The van der Waals surface area contributed by atoms with Gasteiger partial charge in [-0.3, -0.25) is 4.79 Å².